The Labute approximate surface area is 107 Å². The number of rotatable bonds is 4. The Bertz CT molecular complexity index is 531. The van der Waals surface area contributed by atoms with E-state index >= 15 is 0 Å². The number of fused-ring (bicyclic) bond motifs is 3. The first-order valence-electron chi connectivity index (χ1n) is 6.16. The molecule has 0 spiro atoms. The molecule has 0 aliphatic heterocycles. The molecule has 1 aliphatic rings. The van der Waals surface area contributed by atoms with Crippen LogP contribution in [0.15, 0.2) is 48.5 Å². The van der Waals surface area contributed by atoms with Crippen LogP contribution in [0.25, 0.3) is 11.1 Å². The Morgan fingerprint density at radius 3 is 2.06 bits per heavy atom. The molecule has 0 saturated heterocycles. The van der Waals surface area contributed by atoms with Crippen molar-refractivity contribution in [3.63, 3.8) is 0 Å². The van der Waals surface area contributed by atoms with E-state index in [1.54, 1.807) is 0 Å². The normalized spacial score (nSPS) is 13.1. The van der Waals surface area contributed by atoms with Crippen molar-refractivity contribution in [2.75, 3.05) is 13.2 Å². The van der Waals surface area contributed by atoms with Crippen LogP contribution in [0.3, 0.4) is 0 Å². The lowest BCUT2D eigenvalue weighted by Gasteiger charge is -2.12. The van der Waals surface area contributed by atoms with Gasteiger partial charge in [0.15, 0.2) is 0 Å². The molecule has 3 rings (SSSR count). The molecule has 2 nitrogen and oxygen atoms in total. The van der Waals surface area contributed by atoms with E-state index in [-0.39, 0.29) is 0 Å². The minimum absolute atomic E-state index is 0.303. The second kappa shape index (κ2) is 4.75. The molecule has 0 saturated carbocycles. The van der Waals surface area contributed by atoms with E-state index in [1.807, 2.05) is 0 Å². The van der Waals surface area contributed by atoms with E-state index < -0.39 is 0 Å². The number of nitrogens with one attached hydrogen (secondary N) is 1. The van der Waals surface area contributed by atoms with Gasteiger partial charge in [-0.1, -0.05) is 48.5 Å². The summed E-state index contributed by atoms with van der Waals surface area (Å²) in [4.78, 5) is 0. The fourth-order valence-corrected chi connectivity index (χ4v) is 2.68. The molecular formula is C16H15NO. The SMILES string of the molecule is N=CCOCC1c2ccccc2-c2ccccc21. The van der Waals surface area contributed by atoms with Gasteiger partial charge in [-0.2, -0.15) is 0 Å². The lowest BCUT2D eigenvalue weighted by molar-refractivity contribution is 0.166. The highest BCUT2D eigenvalue weighted by atomic mass is 16.5. The summed E-state index contributed by atoms with van der Waals surface area (Å²) in [6.45, 7) is 1.03. The van der Waals surface area contributed by atoms with Crippen LogP contribution in [-0.2, 0) is 4.74 Å². The fourth-order valence-electron chi connectivity index (χ4n) is 2.68. The molecule has 0 radical (unpaired) electrons. The molecule has 0 aromatic heterocycles. The van der Waals surface area contributed by atoms with Gasteiger partial charge in [-0.05, 0) is 22.3 Å². The molecule has 18 heavy (non-hydrogen) atoms. The topological polar surface area (TPSA) is 33.1 Å². The fraction of sp³-hybridized carbons (Fsp3) is 0.188. The first kappa shape index (κ1) is 11.2. The molecule has 0 bridgehead atoms. The Morgan fingerprint density at radius 1 is 0.944 bits per heavy atom. The van der Waals surface area contributed by atoms with Gasteiger partial charge < -0.3 is 10.1 Å². The quantitative estimate of drug-likeness (QED) is 0.641. The van der Waals surface area contributed by atoms with Crippen LogP contribution in [0.5, 0.6) is 0 Å². The molecule has 1 N–H and O–H groups in total. The molecule has 0 amide bonds. The van der Waals surface area contributed by atoms with E-state index in [2.05, 4.69) is 48.5 Å². The molecule has 0 heterocycles. The van der Waals surface area contributed by atoms with Crippen LogP contribution in [0, 0.1) is 5.41 Å². The highest BCUT2D eigenvalue weighted by molar-refractivity contribution is 5.78. The van der Waals surface area contributed by atoms with Gasteiger partial charge in [0.05, 0.1) is 13.2 Å². The summed E-state index contributed by atoms with van der Waals surface area (Å²) >= 11 is 0. The summed E-state index contributed by atoms with van der Waals surface area (Å²) in [7, 11) is 0. The molecule has 2 aromatic carbocycles. The van der Waals surface area contributed by atoms with E-state index in [4.69, 9.17) is 10.1 Å². The third kappa shape index (κ3) is 1.75. The van der Waals surface area contributed by atoms with Gasteiger partial charge in [0.25, 0.3) is 0 Å². The third-order valence-corrected chi connectivity index (χ3v) is 3.45. The average Bonchev–Trinajstić information content (AvgIpc) is 2.74. The largest absolute Gasteiger partial charge is 0.375 e. The second-order valence-electron chi connectivity index (χ2n) is 4.47. The molecular weight excluding hydrogens is 222 g/mol. The van der Waals surface area contributed by atoms with Crippen molar-refractivity contribution >= 4 is 6.21 Å². The van der Waals surface area contributed by atoms with Crippen LogP contribution >= 0.6 is 0 Å². The van der Waals surface area contributed by atoms with Crippen molar-refractivity contribution in [1.82, 2.24) is 0 Å². The van der Waals surface area contributed by atoms with Gasteiger partial charge in [-0.15, -0.1) is 0 Å². The minimum atomic E-state index is 0.303. The molecule has 0 fully saturated rings. The molecule has 2 heteroatoms. The van der Waals surface area contributed by atoms with Crippen molar-refractivity contribution < 1.29 is 4.74 Å². The van der Waals surface area contributed by atoms with E-state index in [9.17, 15) is 0 Å². The number of ether oxygens (including phenoxy) is 1. The van der Waals surface area contributed by atoms with Gasteiger partial charge >= 0.3 is 0 Å². The standard InChI is InChI=1S/C16H15NO/c17-9-10-18-11-16-14-7-3-1-5-12(14)13-6-2-4-8-15(13)16/h1-9,16-17H,10-11H2. The summed E-state index contributed by atoms with van der Waals surface area (Å²) in [6, 6.07) is 17.0. The van der Waals surface area contributed by atoms with Crippen molar-refractivity contribution in [1.29, 1.82) is 5.41 Å². The number of hydrogen-bond donors (Lipinski definition) is 1. The first-order valence-corrected chi connectivity index (χ1v) is 6.16. The summed E-state index contributed by atoms with van der Waals surface area (Å²) in [5, 5.41) is 7.02. The van der Waals surface area contributed by atoms with Crippen LogP contribution in [0.2, 0.25) is 0 Å². The predicted molar refractivity (Wildman–Crippen MR) is 73.3 cm³/mol. The van der Waals surface area contributed by atoms with Gasteiger partial charge in [0.1, 0.15) is 0 Å². The van der Waals surface area contributed by atoms with Crippen LogP contribution < -0.4 is 0 Å². The maximum atomic E-state index is 7.02. The zero-order valence-corrected chi connectivity index (χ0v) is 10.1. The Kier molecular flexibility index (Phi) is 2.95. The maximum absolute atomic E-state index is 7.02. The molecule has 1 aliphatic carbocycles. The van der Waals surface area contributed by atoms with Crippen LogP contribution in [0.4, 0.5) is 0 Å². The minimum Gasteiger partial charge on any atom is -0.375 e. The number of hydrogen-bond acceptors (Lipinski definition) is 2. The summed E-state index contributed by atoms with van der Waals surface area (Å²) in [5.41, 5.74) is 5.31. The van der Waals surface area contributed by atoms with Gasteiger partial charge in [0.2, 0.25) is 0 Å². The zero-order chi connectivity index (χ0) is 12.4. The first-order chi connectivity index (χ1) is 8.92. The van der Waals surface area contributed by atoms with Crippen molar-refractivity contribution in [2.24, 2.45) is 0 Å². The lowest BCUT2D eigenvalue weighted by Crippen LogP contribution is -2.08. The van der Waals surface area contributed by atoms with Gasteiger partial charge in [-0.3, -0.25) is 0 Å². The molecule has 0 atom stereocenters. The zero-order valence-electron chi connectivity index (χ0n) is 10.1. The molecule has 2 aromatic rings. The Balaban J connectivity index is 2.01. The summed E-state index contributed by atoms with van der Waals surface area (Å²) < 4.78 is 5.54. The van der Waals surface area contributed by atoms with E-state index in [0.717, 1.165) is 0 Å². The second-order valence-corrected chi connectivity index (χ2v) is 4.47. The van der Waals surface area contributed by atoms with Crippen molar-refractivity contribution in [3.05, 3.63) is 59.7 Å². The van der Waals surface area contributed by atoms with Crippen LogP contribution in [0.1, 0.15) is 17.0 Å². The monoisotopic (exact) mass is 237 g/mol. The van der Waals surface area contributed by atoms with Crippen molar-refractivity contribution in [3.8, 4) is 11.1 Å². The van der Waals surface area contributed by atoms with Gasteiger partial charge in [0, 0.05) is 12.1 Å². The Morgan fingerprint density at radius 2 is 1.50 bits per heavy atom. The third-order valence-electron chi connectivity index (χ3n) is 3.45. The predicted octanol–water partition coefficient (Wildman–Crippen LogP) is 3.47. The van der Waals surface area contributed by atoms with Gasteiger partial charge in [-0.25, -0.2) is 0 Å². The number of benzene rings is 2. The smallest absolute Gasteiger partial charge is 0.0812 e. The van der Waals surface area contributed by atoms with Crippen LogP contribution in [-0.4, -0.2) is 19.4 Å². The Hall–Kier alpha value is -1.93. The highest BCUT2D eigenvalue weighted by Crippen LogP contribution is 2.44. The van der Waals surface area contributed by atoms with E-state index in [1.165, 1.54) is 28.5 Å². The average molecular weight is 237 g/mol. The molecule has 90 valence electrons. The highest BCUT2D eigenvalue weighted by Gasteiger charge is 2.27. The van der Waals surface area contributed by atoms with Crippen molar-refractivity contribution in [2.45, 2.75) is 5.92 Å². The van der Waals surface area contributed by atoms with E-state index in [0.29, 0.717) is 19.1 Å². The maximum Gasteiger partial charge on any atom is 0.0812 e. The molecule has 0 unspecified atom stereocenters. The lowest BCUT2D eigenvalue weighted by atomic mass is 9.98. The summed E-state index contributed by atoms with van der Waals surface area (Å²) in [6.07, 6.45) is 1.30. The summed E-state index contributed by atoms with van der Waals surface area (Å²) in [5.74, 6) is 0.303.